The van der Waals surface area contributed by atoms with E-state index in [4.69, 9.17) is 0 Å². The summed E-state index contributed by atoms with van der Waals surface area (Å²) < 4.78 is 0. The second kappa shape index (κ2) is 4.80. The Morgan fingerprint density at radius 3 is 2.75 bits per heavy atom. The summed E-state index contributed by atoms with van der Waals surface area (Å²) in [5.41, 5.74) is 2.92. The van der Waals surface area contributed by atoms with Crippen LogP contribution in [0.4, 0.5) is 0 Å². The number of benzene rings is 1. The van der Waals surface area contributed by atoms with E-state index in [2.05, 4.69) is 51.2 Å². The summed E-state index contributed by atoms with van der Waals surface area (Å²) in [5.74, 6) is 0.694. The van der Waals surface area contributed by atoms with Gasteiger partial charge in [0, 0.05) is 16.2 Å². The molecule has 1 heterocycles. The lowest BCUT2D eigenvalue weighted by Crippen LogP contribution is -2.34. The van der Waals surface area contributed by atoms with Gasteiger partial charge in [-0.15, -0.1) is 11.8 Å². The fraction of sp³-hybridized carbons (Fsp3) is 0.571. The lowest BCUT2D eigenvalue weighted by atomic mass is 9.90. The number of hydrogen-bond donors (Lipinski definition) is 1. The molecule has 0 fully saturated rings. The number of rotatable bonds is 2. The highest BCUT2D eigenvalue weighted by Crippen LogP contribution is 2.45. The monoisotopic (exact) mass is 235 g/mol. The van der Waals surface area contributed by atoms with Crippen molar-refractivity contribution in [3.63, 3.8) is 0 Å². The Hall–Kier alpha value is -0.470. The van der Waals surface area contributed by atoms with Crippen LogP contribution in [0.15, 0.2) is 23.1 Å². The van der Waals surface area contributed by atoms with Gasteiger partial charge < -0.3 is 5.32 Å². The maximum Gasteiger partial charge on any atom is 0.0367 e. The molecule has 0 bridgehead atoms. The highest BCUT2D eigenvalue weighted by atomic mass is 32.2. The number of nitrogens with one attached hydrogen (secondary N) is 1. The molecule has 1 aliphatic rings. The Morgan fingerprint density at radius 2 is 2.06 bits per heavy atom. The Bertz CT molecular complexity index is 375. The van der Waals surface area contributed by atoms with Gasteiger partial charge in [-0.3, -0.25) is 0 Å². The third-order valence-corrected chi connectivity index (χ3v) is 5.17. The van der Waals surface area contributed by atoms with Crippen molar-refractivity contribution in [1.82, 2.24) is 5.32 Å². The number of aryl methyl sites for hydroxylation is 1. The van der Waals surface area contributed by atoms with E-state index in [0.29, 0.717) is 17.2 Å². The van der Waals surface area contributed by atoms with Gasteiger partial charge in [0.2, 0.25) is 0 Å². The molecule has 0 spiro atoms. The molecule has 0 radical (unpaired) electrons. The van der Waals surface area contributed by atoms with E-state index in [1.54, 1.807) is 0 Å². The predicted molar refractivity (Wildman–Crippen MR) is 72.1 cm³/mol. The minimum absolute atomic E-state index is 0.524. The smallest absolute Gasteiger partial charge is 0.0367 e. The summed E-state index contributed by atoms with van der Waals surface area (Å²) in [5, 5.41) is 4.33. The molecule has 0 saturated heterocycles. The molecule has 3 atom stereocenters. The van der Waals surface area contributed by atoms with Crippen LogP contribution in [0.1, 0.15) is 37.9 Å². The van der Waals surface area contributed by atoms with E-state index in [-0.39, 0.29) is 0 Å². The maximum absolute atomic E-state index is 3.63. The van der Waals surface area contributed by atoms with Crippen LogP contribution < -0.4 is 5.32 Å². The zero-order valence-electron chi connectivity index (χ0n) is 10.6. The highest BCUT2D eigenvalue weighted by molar-refractivity contribution is 8.00. The fourth-order valence-electron chi connectivity index (χ4n) is 2.44. The van der Waals surface area contributed by atoms with E-state index in [1.165, 1.54) is 16.0 Å². The van der Waals surface area contributed by atoms with Crippen molar-refractivity contribution in [2.45, 2.75) is 43.9 Å². The average molecular weight is 235 g/mol. The van der Waals surface area contributed by atoms with Crippen LogP contribution in [0, 0.1) is 12.8 Å². The van der Waals surface area contributed by atoms with E-state index in [1.807, 2.05) is 11.8 Å². The summed E-state index contributed by atoms with van der Waals surface area (Å²) in [7, 11) is 0. The molecule has 16 heavy (non-hydrogen) atoms. The van der Waals surface area contributed by atoms with Gasteiger partial charge in [0.25, 0.3) is 0 Å². The summed E-state index contributed by atoms with van der Waals surface area (Å²) in [6.07, 6.45) is 0. The molecule has 2 heteroatoms. The van der Waals surface area contributed by atoms with E-state index >= 15 is 0 Å². The largest absolute Gasteiger partial charge is 0.310 e. The number of thioether (sulfide) groups is 1. The van der Waals surface area contributed by atoms with E-state index in [9.17, 15) is 0 Å². The van der Waals surface area contributed by atoms with Crippen molar-refractivity contribution in [2.75, 3.05) is 6.54 Å². The van der Waals surface area contributed by atoms with E-state index in [0.717, 1.165) is 6.54 Å². The molecule has 88 valence electrons. The first-order valence-corrected chi connectivity index (χ1v) is 7.02. The van der Waals surface area contributed by atoms with Crippen molar-refractivity contribution in [3.8, 4) is 0 Å². The molecular weight excluding hydrogens is 214 g/mol. The molecule has 1 N–H and O–H groups in total. The molecule has 0 amide bonds. The first-order chi connectivity index (χ1) is 7.65. The first kappa shape index (κ1) is 12.0. The summed E-state index contributed by atoms with van der Waals surface area (Å²) >= 11 is 2.04. The average Bonchev–Trinajstić information content (AvgIpc) is 2.26. The second-order valence-corrected chi connectivity index (χ2v) is 6.10. The normalized spacial score (nSPS) is 28.9. The van der Waals surface area contributed by atoms with Crippen molar-refractivity contribution in [2.24, 2.45) is 5.92 Å². The molecule has 0 aliphatic carbocycles. The third kappa shape index (κ3) is 2.01. The zero-order chi connectivity index (χ0) is 11.7. The van der Waals surface area contributed by atoms with Crippen molar-refractivity contribution in [3.05, 3.63) is 29.3 Å². The minimum Gasteiger partial charge on any atom is -0.310 e. The third-order valence-electron chi connectivity index (χ3n) is 3.57. The molecular formula is C14H21NS. The van der Waals surface area contributed by atoms with Crippen LogP contribution in [0.5, 0.6) is 0 Å². The zero-order valence-corrected chi connectivity index (χ0v) is 11.4. The SMILES string of the molecule is CCNC1c2cccc(C)c2SC(C)C1C. The van der Waals surface area contributed by atoms with Crippen LogP contribution in [0.25, 0.3) is 0 Å². The summed E-state index contributed by atoms with van der Waals surface area (Å²) in [6, 6.07) is 7.21. The Labute approximate surface area is 103 Å². The van der Waals surface area contributed by atoms with Crippen molar-refractivity contribution < 1.29 is 0 Å². The van der Waals surface area contributed by atoms with Gasteiger partial charge in [-0.2, -0.15) is 0 Å². The van der Waals surface area contributed by atoms with Gasteiger partial charge in [-0.05, 0) is 30.5 Å². The van der Waals surface area contributed by atoms with Crippen LogP contribution in [-0.4, -0.2) is 11.8 Å². The fourth-order valence-corrected chi connectivity index (χ4v) is 3.77. The predicted octanol–water partition coefficient (Wildman–Crippen LogP) is 3.78. The second-order valence-electron chi connectivity index (χ2n) is 4.71. The van der Waals surface area contributed by atoms with Gasteiger partial charge in [0.05, 0.1) is 0 Å². The lowest BCUT2D eigenvalue weighted by molar-refractivity contribution is 0.379. The van der Waals surface area contributed by atoms with E-state index < -0.39 is 0 Å². The molecule has 1 nitrogen and oxygen atoms in total. The minimum atomic E-state index is 0.524. The molecule has 2 rings (SSSR count). The quantitative estimate of drug-likeness (QED) is 0.837. The molecule has 0 aromatic heterocycles. The topological polar surface area (TPSA) is 12.0 Å². The molecule has 0 saturated carbocycles. The van der Waals surface area contributed by atoms with Gasteiger partial charge in [-0.25, -0.2) is 0 Å². The number of hydrogen-bond acceptors (Lipinski definition) is 2. The number of fused-ring (bicyclic) bond motifs is 1. The molecule has 1 aromatic rings. The Kier molecular flexibility index (Phi) is 3.60. The summed E-state index contributed by atoms with van der Waals surface area (Å²) in [4.78, 5) is 1.50. The van der Waals surface area contributed by atoms with Gasteiger partial charge in [0.1, 0.15) is 0 Å². The first-order valence-electron chi connectivity index (χ1n) is 6.14. The van der Waals surface area contributed by atoms with Gasteiger partial charge in [0.15, 0.2) is 0 Å². The van der Waals surface area contributed by atoms with Crippen molar-refractivity contribution in [1.29, 1.82) is 0 Å². The van der Waals surface area contributed by atoms with Crippen LogP contribution in [0.2, 0.25) is 0 Å². The molecule has 3 unspecified atom stereocenters. The van der Waals surface area contributed by atoms with Crippen molar-refractivity contribution >= 4 is 11.8 Å². The summed E-state index contributed by atoms with van der Waals surface area (Å²) in [6.45, 7) is 10.2. The standard InChI is InChI=1S/C14H21NS/c1-5-15-13-10(3)11(4)16-14-9(2)7-6-8-12(13)14/h6-8,10-11,13,15H,5H2,1-4H3. The Morgan fingerprint density at radius 1 is 1.31 bits per heavy atom. The van der Waals surface area contributed by atoms with Crippen LogP contribution in [0.3, 0.4) is 0 Å². The van der Waals surface area contributed by atoms with Crippen LogP contribution in [-0.2, 0) is 0 Å². The van der Waals surface area contributed by atoms with Gasteiger partial charge in [-0.1, -0.05) is 39.0 Å². The van der Waals surface area contributed by atoms with Gasteiger partial charge >= 0.3 is 0 Å². The molecule has 1 aromatic carbocycles. The maximum atomic E-state index is 3.63. The lowest BCUT2D eigenvalue weighted by Gasteiger charge is -2.36. The van der Waals surface area contributed by atoms with Crippen LogP contribution >= 0.6 is 11.8 Å². The Balaban J connectivity index is 2.43. The highest BCUT2D eigenvalue weighted by Gasteiger charge is 2.31. The molecule has 1 aliphatic heterocycles.